The highest BCUT2D eigenvalue weighted by atomic mass is 16.5. The quantitative estimate of drug-likeness (QED) is 0.809. The molecule has 6 heteroatoms. The number of benzene rings is 1. The lowest BCUT2D eigenvalue weighted by Crippen LogP contribution is -2.23. The first kappa shape index (κ1) is 16.7. The van der Waals surface area contributed by atoms with Crippen LogP contribution in [0.1, 0.15) is 30.1 Å². The van der Waals surface area contributed by atoms with Gasteiger partial charge < -0.3 is 20.1 Å². The van der Waals surface area contributed by atoms with Gasteiger partial charge >= 0.3 is 0 Å². The topological polar surface area (TPSA) is 70.5 Å². The van der Waals surface area contributed by atoms with Crippen LogP contribution < -0.4 is 15.0 Å². The Morgan fingerprint density at radius 2 is 1.92 bits per heavy atom. The van der Waals surface area contributed by atoms with E-state index in [0.29, 0.717) is 18.8 Å². The number of hydrogen-bond donors (Lipinski definition) is 2. The Balaban J connectivity index is 1.50. The number of nitrogens with zero attached hydrogens (tertiary/aromatic N) is 3. The Morgan fingerprint density at radius 1 is 1.21 bits per heavy atom. The van der Waals surface area contributed by atoms with Crippen molar-refractivity contribution in [2.75, 3.05) is 31.6 Å². The number of methoxy groups -OCH3 is 1. The molecule has 1 aromatic carbocycles. The molecular weight excluding hydrogens is 304 g/mol. The molecule has 128 valence electrons. The lowest BCUT2D eigenvalue weighted by molar-refractivity contribution is 0.170. The van der Waals surface area contributed by atoms with Gasteiger partial charge in [0.2, 0.25) is 5.95 Å². The number of nitrogens with one attached hydrogen (secondary N) is 1. The van der Waals surface area contributed by atoms with E-state index in [1.807, 2.05) is 36.7 Å². The molecule has 1 atom stereocenters. The van der Waals surface area contributed by atoms with E-state index >= 15 is 0 Å². The summed E-state index contributed by atoms with van der Waals surface area (Å²) < 4.78 is 5.28. The van der Waals surface area contributed by atoms with Gasteiger partial charge in [-0.25, -0.2) is 9.97 Å². The van der Waals surface area contributed by atoms with Crippen LogP contribution in [0.4, 0.5) is 5.95 Å². The molecule has 3 rings (SSSR count). The van der Waals surface area contributed by atoms with Crippen LogP contribution in [-0.2, 0) is 6.54 Å². The van der Waals surface area contributed by atoms with Gasteiger partial charge in [0.1, 0.15) is 5.75 Å². The highest BCUT2D eigenvalue weighted by Crippen LogP contribution is 2.24. The van der Waals surface area contributed by atoms with Crippen LogP contribution in [0.3, 0.4) is 0 Å². The van der Waals surface area contributed by atoms with E-state index in [1.54, 1.807) is 7.11 Å². The zero-order valence-corrected chi connectivity index (χ0v) is 14.0. The molecule has 0 radical (unpaired) electrons. The predicted octanol–water partition coefficient (Wildman–Crippen LogP) is 1.91. The van der Waals surface area contributed by atoms with Crippen molar-refractivity contribution in [3.8, 4) is 5.75 Å². The molecule has 1 aliphatic rings. The number of ether oxygens (including phenoxy) is 1. The fourth-order valence-electron chi connectivity index (χ4n) is 2.92. The highest BCUT2D eigenvalue weighted by Gasteiger charge is 2.15. The molecule has 6 nitrogen and oxygen atoms in total. The van der Waals surface area contributed by atoms with E-state index < -0.39 is 6.10 Å². The number of aliphatic hydroxyl groups excluding tert-OH is 1. The zero-order valence-electron chi connectivity index (χ0n) is 14.0. The predicted molar refractivity (Wildman–Crippen MR) is 93.1 cm³/mol. The maximum absolute atomic E-state index is 10.3. The van der Waals surface area contributed by atoms with Crippen LogP contribution in [0.25, 0.3) is 0 Å². The first-order valence-corrected chi connectivity index (χ1v) is 8.35. The normalized spacial score (nSPS) is 15.5. The Morgan fingerprint density at radius 3 is 2.62 bits per heavy atom. The number of aromatic nitrogens is 2. The van der Waals surface area contributed by atoms with Crippen molar-refractivity contribution in [1.29, 1.82) is 0 Å². The van der Waals surface area contributed by atoms with Gasteiger partial charge in [0, 0.05) is 49.7 Å². The van der Waals surface area contributed by atoms with Crippen molar-refractivity contribution in [3.05, 3.63) is 47.8 Å². The van der Waals surface area contributed by atoms with Crippen molar-refractivity contribution in [2.45, 2.75) is 25.5 Å². The summed E-state index contributed by atoms with van der Waals surface area (Å²) in [4.78, 5) is 11.1. The Labute approximate surface area is 142 Å². The first-order chi connectivity index (χ1) is 11.8. The number of hydrogen-bond acceptors (Lipinski definition) is 6. The SMILES string of the molecule is COc1ccccc1[C@@H](O)CNCc1cnc(N2CCCC2)nc1. The second-order valence-electron chi connectivity index (χ2n) is 5.97. The minimum atomic E-state index is -0.619. The molecule has 0 amide bonds. The van der Waals surface area contributed by atoms with Crippen molar-refractivity contribution >= 4 is 5.95 Å². The molecule has 0 aliphatic carbocycles. The molecule has 0 unspecified atom stereocenters. The van der Waals surface area contributed by atoms with Crippen LogP contribution in [0.5, 0.6) is 5.75 Å². The summed E-state index contributed by atoms with van der Waals surface area (Å²) in [6.45, 7) is 3.14. The summed E-state index contributed by atoms with van der Waals surface area (Å²) in [5, 5.41) is 13.6. The van der Waals surface area contributed by atoms with E-state index in [-0.39, 0.29) is 0 Å². The molecule has 1 aromatic heterocycles. The Hall–Kier alpha value is -2.18. The number of para-hydroxylation sites is 1. The summed E-state index contributed by atoms with van der Waals surface area (Å²) in [5.74, 6) is 1.51. The first-order valence-electron chi connectivity index (χ1n) is 8.35. The molecule has 1 saturated heterocycles. The molecule has 2 aromatic rings. The summed E-state index contributed by atoms with van der Waals surface area (Å²) >= 11 is 0. The highest BCUT2D eigenvalue weighted by molar-refractivity contribution is 5.35. The fraction of sp³-hybridized carbons (Fsp3) is 0.444. The van der Waals surface area contributed by atoms with E-state index in [4.69, 9.17) is 4.74 Å². The fourth-order valence-corrected chi connectivity index (χ4v) is 2.92. The van der Waals surface area contributed by atoms with Crippen molar-refractivity contribution in [2.24, 2.45) is 0 Å². The van der Waals surface area contributed by atoms with Gasteiger partial charge in [-0.1, -0.05) is 18.2 Å². The minimum Gasteiger partial charge on any atom is -0.496 e. The van der Waals surface area contributed by atoms with Crippen molar-refractivity contribution in [3.63, 3.8) is 0 Å². The standard InChI is InChI=1S/C18H24N4O2/c1-24-17-7-3-2-6-15(17)16(23)13-19-10-14-11-20-18(21-12-14)22-8-4-5-9-22/h2-3,6-7,11-12,16,19,23H,4-5,8-10,13H2,1H3/t16-/m0/s1. The van der Waals surface area contributed by atoms with Gasteiger partial charge in [0.05, 0.1) is 13.2 Å². The summed E-state index contributed by atoms with van der Waals surface area (Å²) in [6, 6.07) is 7.51. The molecular formula is C18H24N4O2. The third kappa shape index (κ3) is 4.01. The van der Waals surface area contributed by atoms with Gasteiger partial charge in [-0.3, -0.25) is 0 Å². The minimum absolute atomic E-state index is 0.439. The average molecular weight is 328 g/mol. The monoisotopic (exact) mass is 328 g/mol. The van der Waals surface area contributed by atoms with Crippen molar-refractivity contribution in [1.82, 2.24) is 15.3 Å². The number of aliphatic hydroxyl groups is 1. The third-order valence-corrected chi connectivity index (χ3v) is 4.25. The summed E-state index contributed by atoms with van der Waals surface area (Å²) in [5.41, 5.74) is 1.79. The van der Waals surface area contributed by atoms with Gasteiger partial charge in [-0.05, 0) is 18.9 Å². The molecule has 1 fully saturated rings. The van der Waals surface area contributed by atoms with Crippen LogP contribution in [0, 0.1) is 0 Å². The van der Waals surface area contributed by atoms with E-state index in [9.17, 15) is 5.11 Å². The van der Waals surface area contributed by atoms with Crippen LogP contribution in [0.15, 0.2) is 36.7 Å². The van der Waals surface area contributed by atoms with Crippen LogP contribution in [0.2, 0.25) is 0 Å². The van der Waals surface area contributed by atoms with Crippen molar-refractivity contribution < 1.29 is 9.84 Å². The lowest BCUT2D eigenvalue weighted by atomic mass is 10.1. The second-order valence-corrected chi connectivity index (χ2v) is 5.97. The maximum Gasteiger partial charge on any atom is 0.225 e. The van der Waals surface area contributed by atoms with Gasteiger partial charge in [0.15, 0.2) is 0 Å². The van der Waals surface area contributed by atoms with Gasteiger partial charge in [-0.2, -0.15) is 0 Å². The van der Waals surface area contributed by atoms with Gasteiger partial charge in [-0.15, -0.1) is 0 Å². The molecule has 0 bridgehead atoms. The molecule has 24 heavy (non-hydrogen) atoms. The zero-order chi connectivity index (χ0) is 16.8. The van der Waals surface area contributed by atoms with Crippen LogP contribution in [-0.4, -0.2) is 41.8 Å². The number of rotatable bonds is 7. The van der Waals surface area contributed by atoms with Gasteiger partial charge in [0.25, 0.3) is 0 Å². The number of anilines is 1. The smallest absolute Gasteiger partial charge is 0.225 e. The molecule has 2 heterocycles. The van der Waals surface area contributed by atoms with E-state index in [0.717, 1.165) is 30.2 Å². The summed E-state index contributed by atoms with van der Waals surface area (Å²) in [7, 11) is 1.61. The average Bonchev–Trinajstić information content (AvgIpc) is 3.17. The third-order valence-electron chi connectivity index (χ3n) is 4.25. The Bertz CT molecular complexity index is 642. The molecule has 1 aliphatic heterocycles. The molecule has 0 spiro atoms. The van der Waals surface area contributed by atoms with E-state index in [2.05, 4.69) is 20.2 Å². The maximum atomic E-state index is 10.3. The molecule has 0 saturated carbocycles. The Kier molecular flexibility index (Phi) is 5.61. The lowest BCUT2D eigenvalue weighted by Gasteiger charge is -2.16. The van der Waals surface area contributed by atoms with E-state index in [1.165, 1.54) is 12.8 Å². The second kappa shape index (κ2) is 8.08. The summed E-state index contributed by atoms with van der Waals surface area (Å²) in [6.07, 6.45) is 5.51. The largest absolute Gasteiger partial charge is 0.496 e. The van der Waals surface area contributed by atoms with Crippen LogP contribution >= 0.6 is 0 Å². The molecule has 2 N–H and O–H groups in total.